The predicted molar refractivity (Wildman–Crippen MR) is 81.7 cm³/mol. The van der Waals surface area contributed by atoms with Gasteiger partial charge in [0.15, 0.2) is 0 Å². The molecule has 0 radical (unpaired) electrons. The summed E-state index contributed by atoms with van der Waals surface area (Å²) in [6.45, 7) is 1.56. The first-order chi connectivity index (χ1) is 10.6. The molecule has 1 aromatic carbocycles. The molecule has 114 valence electrons. The maximum absolute atomic E-state index is 12.3. The molecule has 3 rings (SSSR count). The number of rotatable bonds is 4. The zero-order chi connectivity index (χ0) is 15.5. The van der Waals surface area contributed by atoms with Crippen molar-refractivity contribution in [1.82, 2.24) is 15.1 Å². The van der Waals surface area contributed by atoms with E-state index in [1.807, 2.05) is 18.2 Å². The van der Waals surface area contributed by atoms with Crippen molar-refractivity contribution in [1.29, 1.82) is 0 Å². The number of benzene rings is 1. The highest BCUT2D eigenvalue weighted by Gasteiger charge is 2.23. The lowest BCUT2D eigenvalue weighted by Gasteiger charge is -2.13. The van der Waals surface area contributed by atoms with Gasteiger partial charge < -0.3 is 16.4 Å². The van der Waals surface area contributed by atoms with Crippen molar-refractivity contribution in [2.75, 3.05) is 18.4 Å². The Kier molecular flexibility index (Phi) is 3.88. The monoisotopic (exact) mass is 299 g/mol. The molecule has 1 aromatic heterocycles. The first-order valence-electron chi connectivity index (χ1n) is 7.11. The molecule has 1 saturated heterocycles. The van der Waals surface area contributed by atoms with Crippen LogP contribution in [0.1, 0.15) is 16.9 Å². The zero-order valence-corrected chi connectivity index (χ0v) is 12.0. The van der Waals surface area contributed by atoms with Crippen LogP contribution in [0.2, 0.25) is 0 Å². The van der Waals surface area contributed by atoms with Crippen LogP contribution in [-0.2, 0) is 4.79 Å². The van der Waals surface area contributed by atoms with Gasteiger partial charge in [0, 0.05) is 12.7 Å². The third-order valence-electron chi connectivity index (χ3n) is 3.68. The minimum atomic E-state index is -0.586. The van der Waals surface area contributed by atoms with Crippen LogP contribution >= 0.6 is 0 Å². The van der Waals surface area contributed by atoms with Crippen LogP contribution in [0.25, 0.3) is 5.69 Å². The summed E-state index contributed by atoms with van der Waals surface area (Å²) < 4.78 is 1.53. The molecule has 0 aliphatic carbocycles. The van der Waals surface area contributed by atoms with Crippen molar-refractivity contribution >= 4 is 17.5 Å². The van der Waals surface area contributed by atoms with Gasteiger partial charge in [0.05, 0.1) is 17.3 Å². The number of nitrogens with zero attached hydrogens (tertiary/aromatic N) is 2. The van der Waals surface area contributed by atoms with E-state index >= 15 is 0 Å². The van der Waals surface area contributed by atoms with Crippen LogP contribution in [0.3, 0.4) is 0 Å². The standard InChI is InChI=1S/C15H17N5O2/c16-14(21)12-6-8-20(19-12)13-4-2-1-3-11(13)18-15(22)10-5-7-17-9-10/h1-4,6,8,10,17H,5,7,9H2,(H2,16,21)(H,18,22)/t10-/m0/s1. The van der Waals surface area contributed by atoms with Crippen LogP contribution in [0.15, 0.2) is 36.5 Å². The van der Waals surface area contributed by atoms with Gasteiger partial charge in [0.25, 0.3) is 5.91 Å². The first-order valence-corrected chi connectivity index (χ1v) is 7.11. The Morgan fingerprint density at radius 1 is 1.32 bits per heavy atom. The molecule has 22 heavy (non-hydrogen) atoms. The Morgan fingerprint density at radius 3 is 2.82 bits per heavy atom. The number of amides is 2. The van der Waals surface area contributed by atoms with Gasteiger partial charge in [0.1, 0.15) is 5.69 Å². The molecule has 4 N–H and O–H groups in total. The van der Waals surface area contributed by atoms with Crippen LogP contribution in [0.4, 0.5) is 5.69 Å². The number of primary amides is 1. The van der Waals surface area contributed by atoms with E-state index in [0.29, 0.717) is 17.9 Å². The van der Waals surface area contributed by atoms with E-state index in [2.05, 4.69) is 15.7 Å². The molecule has 7 nitrogen and oxygen atoms in total. The number of hydrogen-bond donors (Lipinski definition) is 3. The number of aromatic nitrogens is 2. The molecule has 0 saturated carbocycles. The van der Waals surface area contributed by atoms with Crippen molar-refractivity contribution in [3.63, 3.8) is 0 Å². The number of carbonyl (C=O) groups is 2. The Balaban J connectivity index is 1.85. The summed E-state index contributed by atoms with van der Waals surface area (Å²) >= 11 is 0. The van der Waals surface area contributed by atoms with Crippen LogP contribution in [0, 0.1) is 5.92 Å². The fourth-order valence-electron chi connectivity index (χ4n) is 2.48. The van der Waals surface area contributed by atoms with E-state index in [9.17, 15) is 9.59 Å². The lowest BCUT2D eigenvalue weighted by Crippen LogP contribution is -2.25. The molecule has 2 aromatic rings. The molecule has 2 amide bonds. The SMILES string of the molecule is NC(=O)c1ccn(-c2ccccc2NC(=O)[C@H]2CCNC2)n1. The normalized spacial score (nSPS) is 17.4. The Bertz CT molecular complexity index is 703. The number of para-hydroxylation sites is 2. The van der Waals surface area contributed by atoms with E-state index in [-0.39, 0.29) is 17.5 Å². The van der Waals surface area contributed by atoms with Gasteiger partial charge in [-0.05, 0) is 31.2 Å². The van der Waals surface area contributed by atoms with Crippen molar-refractivity contribution in [3.8, 4) is 5.69 Å². The van der Waals surface area contributed by atoms with Crippen molar-refractivity contribution in [2.24, 2.45) is 11.7 Å². The van der Waals surface area contributed by atoms with Crippen LogP contribution in [0.5, 0.6) is 0 Å². The van der Waals surface area contributed by atoms with E-state index in [0.717, 1.165) is 13.0 Å². The number of nitrogens with one attached hydrogen (secondary N) is 2. The second kappa shape index (κ2) is 5.98. The van der Waals surface area contributed by atoms with Crippen LogP contribution < -0.4 is 16.4 Å². The Labute approximate surface area is 127 Å². The fourth-order valence-corrected chi connectivity index (χ4v) is 2.48. The lowest BCUT2D eigenvalue weighted by molar-refractivity contribution is -0.119. The largest absolute Gasteiger partial charge is 0.364 e. The Hall–Kier alpha value is -2.67. The zero-order valence-electron chi connectivity index (χ0n) is 12.0. The second-order valence-corrected chi connectivity index (χ2v) is 5.21. The van der Waals surface area contributed by atoms with E-state index in [1.165, 1.54) is 4.68 Å². The highest BCUT2D eigenvalue weighted by Crippen LogP contribution is 2.21. The molecule has 1 aliphatic rings. The molecule has 0 bridgehead atoms. The van der Waals surface area contributed by atoms with Gasteiger partial charge in [-0.2, -0.15) is 5.10 Å². The van der Waals surface area contributed by atoms with Gasteiger partial charge in [-0.25, -0.2) is 4.68 Å². The van der Waals surface area contributed by atoms with E-state index in [1.54, 1.807) is 18.3 Å². The maximum atomic E-state index is 12.3. The smallest absolute Gasteiger partial charge is 0.269 e. The quantitative estimate of drug-likeness (QED) is 0.766. The summed E-state index contributed by atoms with van der Waals surface area (Å²) in [5, 5.41) is 10.2. The molecule has 1 fully saturated rings. The fraction of sp³-hybridized carbons (Fsp3) is 0.267. The molecular weight excluding hydrogens is 282 g/mol. The van der Waals surface area contributed by atoms with E-state index in [4.69, 9.17) is 5.73 Å². The third kappa shape index (κ3) is 2.84. The summed E-state index contributed by atoms with van der Waals surface area (Å²) in [5.41, 5.74) is 6.74. The summed E-state index contributed by atoms with van der Waals surface area (Å²) in [7, 11) is 0. The first kappa shape index (κ1) is 14.3. The molecular formula is C15H17N5O2. The molecule has 2 heterocycles. The van der Waals surface area contributed by atoms with Crippen molar-refractivity contribution in [2.45, 2.75) is 6.42 Å². The summed E-state index contributed by atoms with van der Waals surface area (Å²) in [5.74, 6) is -0.621. The second-order valence-electron chi connectivity index (χ2n) is 5.21. The highest BCUT2D eigenvalue weighted by atomic mass is 16.2. The van der Waals surface area contributed by atoms with Gasteiger partial charge in [0.2, 0.25) is 5.91 Å². The molecule has 0 spiro atoms. The van der Waals surface area contributed by atoms with E-state index < -0.39 is 5.91 Å². The molecule has 1 aliphatic heterocycles. The highest BCUT2D eigenvalue weighted by molar-refractivity contribution is 5.95. The van der Waals surface area contributed by atoms with Gasteiger partial charge in [-0.3, -0.25) is 9.59 Å². The Morgan fingerprint density at radius 2 is 2.14 bits per heavy atom. The van der Waals surface area contributed by atoms with Gasteiger partial charge in [-0.15, -0.1) is 0 Å². The van der Waals surface area contributed by atoms with Crippen molar-refractivity contribution < 1.29 is 9.59 Å². The lowest BCUT2D eigenvalue weighted by atomic mass is 10.1. The summed E-state index contributed by atoms with van der Waals surface area (Å²) in [6, 6.07) is 8.85. The molecule has 0 unspecified atom stereocenters. The van der Waals surface area contributed by atoms with Gasteiger partial charge >= 0.3 is 0 Å². The molecule has 1 atom stereocenters. The average molecular weight is 299 g/mol. The number of nitrogens with two attached hydrogens (primary N) is 1. The minimum Gasteiger partial charge on any atom is -0.364 e. The number of carbonyl (C=O) groups excluding carboxylic acids is 2. The third-order valence-corrected chi connectivity index (χ3v) is 3.68. The van der Waals surface area contributed by atoms with Crippen LogP contribution in [-0.4, -0.2) is 34.7 Å². The summed E-state index contributed by atoms with van der Waals surface area (Å²) in [6.07, 6.45) is 2.48. The number of anilines is 1. The number of hydrogen-bond acceptors (Lipinski definition) is 4. The maximum Gasteiger partial charge on any atom is 0.269 e. The minimum absolute atomic E-state index is 0.0141. The van der Waals surface area contributed by atoms with Gasteiger partial charge in [-0.1, -0.05) is 12.1 Å². The molecule has 7 heteroatoms. The topological polar surface area (TPSA) is 102 Å². The predicted octanol–water partition coefficient (Wildman–Crippen LogP) is 0.519. The summed E-state index contributed by atoms with van der Waals surface area (Å²) in [4.78, 5) is 23.4. The average Bonchev–Trinajstić information content (AvgIpc) is 3.19. The van der Waals surface area contributed by atoms with Crippen molar-refractivity contribution in [3.05, 3.63) is 42.2 Å².